The third-order valence-corrected chi connectivity index (χ3v) is 8.06. The smallest absolute Gasteiger partial charge is 0.307 e. The van der Waals surface area contributed by atoms with Crippen LogP contribution in [-0.2, 0) is 24.3 Å². The molecule has 0 radical (unpaired) electrons. The molecule has 8 heteroatoms. The van der Waals surface area contributed by atoms with Crippen molar-refractivity contribution in [3.63, 3.8) is 0 Å². The highest BCUT2D eigenvalue weighted by atomic mass is 16.5. The molecule has 0 unspecified atom stereocenters. The summed E-state index contributed by atoms with van der Waals surface area (Å²) in [5.41, 5.74) is 6.42. The number of ether oxygens (including phenoxy) is 1. The molecule has 0 saturated carbocycles. The standard InChI is InChI=1S/C31H32N4O4/c1-20(31(37)38)29-23-6-5-21-13-15-34(19-25(21)17-23)30(36)22-7-10-26(11-8-22)39-16-4-2-3-14-35-28-12-9-24(29)18-27(28)32-33-35/h5-12,17-18,20,29H,2-4,13-16,19H2,1H3,(H,37,38)/t20-,29+/m1/s1. The maximum Gasteiger partial charge on any atom is 0.307 e. The molecule has 1 aromatic heterocycles. The van der Waals surface area contributed by atoms with Gasteiger partial charge in [0, 0.05) is 31.1 Å². The van der Waals surface area contributed by atoms with Crippen molar-refractivity contribution in [3.8, 4) is 5.75 Å². The largest absolute Gasteiger partial charge is 0.494 e. The summed E-state index contributed by atoms with van der Waals surface area (Å²) >= 11 is 0. The van der Waals surface area contributed by atoms with E-state index in [0.717, 1.165) is 65.7 Å². The number of hydrogen-bond acceptors (Lipinski definition) is 5. The number of aliphatic carboxylic acids is 1. The van der Waals surface area contributed by atoms with Gasteiger partial charge in [-0.2, -0.15) is 0 Å². The first-order chi connectivity index (χ1) is 19.0. The first-order valence-corrected chi connectivity index (χ1v) is 13.7. The topological polar surface area (TPSA) is 97.6 Å². The van der Waals surface area contributed by atoms with Crippen LogP contribution in [0.15, 0.2) is 60.7 Å². The van der Waals surface area contributed by atoms with Gasteiger partial charge in [0.2, 0.25) is 0 Å². The quantitative estimate of drug-likeness (QED) is 0.394. The van der Waals surface area contributed by atoms with Crippen molar-refractivity contribution in [1.29, 1.82) is 0 Å². The number of carboxylic acids is 1. The summed E-state index contributed by atoms with van der Waals surface area (Å²) in [6.07, 6.45) is 3.61. The van der Waals surface area contributed by atoms with Crippen molar-refractivity contribution in [3.05, 3.63) is 88.5 Å². The molecule has 6 heterocycles. The van der Waals surface area contributed by atoms with Crippen LogP contribution < -0.4 is 4.74 Å². The van der Waals surface area contributed by atoms with Crippen molar-refractivity contribution >= 4 is 22.9 Å². The van der Waals surface area contributed by atoms with Crippen molar-refractivity contribution in [1.82, 2.24) is 19.9 Å². The Labute approximate surface area is 227 Å². The van der Waals surface area contributed by atoms with E-state index < -0.39 is 11.9 Å². The minimum absolute atomic E-state index is 0.0104. The average molecular weight is 525 g/mol. The Bertz CT molecular complexity index is 1530. The second-order valence-corrected chi connectivity index (χ2v) is 10.6. The number of carbonyl (C=O) groups is 2. The number of carboxylic acid groups (broad SMARTS) is 1. The van der Waals surface area contributed by atoms with E-state index in [2.05, 4.69) is 22.4 Å². The van der Waals surface area contributed by atoms with Crippen LogP contribution in [0.2, 0.25) is 0 Å². The predicted octanol–water partition coefficient (Wildman–Crippen LogP) is 5.05. The Morgan fingerprint density at radius 2 is 1.77 bits per heavy atom. The van der Waals surface area contributed by atoms with Crippen LogP contribution in [0.1, 0.15) is 64.7 Å². The summed E-state index contributed by atoms with van der Waals surface area (Å²) in [5, 5.41) is 18.8. The van der Waals surface area contributed by atoms with E-state index in [-0.39, 0.29) is 11.8 Å². The van der Waals surface area contributed by atoms with Crippen molar-refractivity contribution in [2.75, 3.05) is 13.2 Å². The van der Waals surface area contributed by atoms with E-state index in [4.69, 9.17) is 4.74 Å². The molecule has 0 spiro atoms. The number of carbonyl (C=O) groups excluding carboxylic acids is 1. The third-order valence-electron chi connectivity index (χ3n) is 8.06. The van der Waals surface area contributed by atoms with Gasteiger partial charge >= 0.3 is 5.97 Å². The van der Waals surface area contributed by atoms with Gasteiger partial charge in [-0.05, 0) is 84.3 Å². The zero-order chi connectivity index (χ0) is 26.9. The molecule has 0 aliphatic carbocycles. The molecule has 9 bridgehead atoms. The molecule has 5 aliphatic heterocycles. The van der Waals surface area contributed by atoms with E-state index >= 15 is 0 Å². The molecule has 9 rings (SSSR count). The number of rotatable bonds is 2. The molecule has 0 saturated heterocycles. The minimum Gasteiger partial charge on any atom is -0.494 e. The van der Waals surface area contributed by atoms with Gasteiger partial charge in [0.25, 0.3) is 5.91 Å². The van der Waals surface area contributed by atoms with E-state index in [9.17, 15) is 14.7 Å². The number of aromatic nitrogens is 3. The Hall–Kier alpha value is -4.20. The number of nitrogens with zero attached hydrogens (tertiary/aromatic N) is 4. The highest BCUT2D eigenvalue weighted by molar-refractivity contribution is 5.94. The molecule has 1 N–H and O–H groups in total. The fraction of sp³-hybridized carbons (Fsp3) is 0.355. The number of aryl methyl sites for hydroxylation is 1. The van der Waals surface area contributed by atoms with Crippen LogP contribution >= 0.6 is 0 Å². The van der Waals surface area contributed by atoms with Crippen LogP contribution in [0.4, 0.5) is 0 Å². The Morgan fingerprint density at radius 1 is 0.974 bits per heavy atom. The highest BCUT2D eigenvalue weighted by Crippen LogP contribution is 2.36. The van der Waals surface area contributed by atoms with Crippen molar-refractivity contribution in [2.24, 2.45) is 5.92 Å². The first-order valence-electron chi connectivity index (χ1n) is 13.7. The fourth-order valence-corrected chi connectivity index (χ4v) is 5.81. The summed E-state index contributed by atoms with van der Waals surface area (Å²) in [6, 6.07) is 19.6. The molecule has 1 amide bonds. The SMILES string of the molecule is C[C@@H](C(=O)O)[C@H]1c2ccc3c(c2)CN(CC3)C(=O)c2ccc(cc2)OCCCCCn2nnc3cc1ccc32. The summed E-state index contributed by atoms with van der Waals surface area (Å²) in [4.78, 5) is 27.4. The molecular formula is C31H32N4O4. The molecule has 200 valence electrons. The molecule has 0 fully saturated rings. The second kappa shape index (κ2) is 10.5. The second-order valence-electron chi connectivity index (χ2n) is 10.6. The van der Waals surface area contributed by atoms with Crippen LogP contribution in [0.25, 0.3) is 11.0 Å². The van der Waals surface area contributed by atoms with Gasteiger partial charge in [0.1, 0.15) is 11.3 Å². The molecular weight excluding hydrogens is 492 g/mol. The Balaban J connectivity index is 1.41. The molecule has 2 atom stereocenters. The van der Waals surface area contributed by atoms with E-state index in [1.54, 1.807) is 6.92 Å². The third kappa shape index (κ3) is 4.99. The van der Waals surface area contributed by atoms with Gasteiger partial charge in [0.15, 0.2) is 0 Å². The zero-order valence-corrected chi connectivity index (χ0v) is 22.0. The first kappa shape index (κ1) is 25.1. The van der Waals surface area contributed by atoms with Gasteiger partial charge in [0.05, 0.1) is 18.0 Å². The summed E-state index contributed by atoms with van der Waals surface area (Å²) in [7, 11) is 0. The molecule has 8 nitrogen and oxygen atoms in total. The highest BCUT2D eigenvalue weighted by Gasteiger charge is 2.29. The van der Waals surface area contributed by atoms with Crippen molar-refractivity contribution in [2.45, 2.75) is 51.6 Å². The summed E-state index contributed by atoms with van der Waals surface area (Å²) < 4.78 is 7.83. The maximum atomic E-state index is 13.4. The molecule has 5 aliphatic rings. The fourth-order valence-electron chi connectivity index (χ4n) is 5.81. The van der Waals surface area contributed by atoms with E-state index in [0.29, 0.717) is 25.3 Å². The summed E-state index contributed by atoms with van der Waals surface area (Å²) in [5.74, 6) is -1.11. The van der Waals surface area contributed by atoms with E-state index in [1.807, 2.05) is 58.1 Å². The maximum absolute atomic E-state index is 13.4. The molecule has 3 aromatic carbocycles. The Morgan fingerprint density at radius 3 is 2.59 bits per heavy atom. The summed E-state index contributed by atoms with van der Waals surface area (Å²) in [6.45, 7) is 4.25. The van der Waals surface area contributed by atoms with Gasteiger partial charge < -0.3 is 14.7 Å². The van der Waals surface area contributed by atoms with Crippen LogP contribution in [0, 0.1) is 5.92 Å². The van der Waals surface area contributed by atoms with Crippen molar-refractivity contribution < 1.29 is 19.4 Å². The monoisotopic (exact) mass is 524 g/mol. The minimum atomic E-state index is -0.854. The van der Waals surface area contributed by atoms with Crippen LogP contribution in [-0.4, -0.2) is 50.0 Å². The Kier molecular flexibility index (Phi) is 6.77. The average Bonchev–Trinajstić information content (AvgIpc) is 3.36. The molecule has 4 aromatic rings. The normalized spacial score (nSPS) is 18.6. The lowest BCUT2D eigenvalue weighted by atomic mass is 9.80. The van der Waals surface area contributed by atoms with Crippen LogP contribution in [0.3, 0.4) is 0 Å². The number of hydrogen-bond donors (Lipinski definition) is 1. The predicted molar refractivity (Wildman–Crippen MR) is 147 cm³/mol. The lowest BCUT2D eigenvalue weighted by Gasteiger charge is -2.31. The number of amides is 1. The van der Waals surface area contributed by atoms with Crippen LogP contribution in [0.5, 0.6) is 5.75 Å². The van der Waals surface area contributed by atoms with Gasteiger partial charge in [-0.25, -0.2) is 4.68 Å². The molecule has 39 heavy (non-hydrogen) atoms. The van der Waals surface area contributed by atoms with Gasteiger partial charge in [-0.1, -0.05) is 36.4 Å². The lowest BCUT2D eigenvalue weighted by Crippen LogP contribution is -2.36. The van der Waals surface area contributed by atoms with E-state index in [1.165, 1.54) is 5.56 Å². The van der Waals surface area contributed by atoms with Gasteiger partial charge in [-0.15, -0.1) is 5.10 Å². The lowest BCUT2D eigenvalue weighted by molar-refractivity contribution is -0.141. The zero-order valence-electron chi connectivity index (χ0n) is 22.0. The number of benzene rings is 3. The van der Waals surface area contributed by atoms with Gasteiger partial charge in [-0.3, -0.25) is 9.59 Å².